The van der Waals surface area contributed by atoms with Gasteiger partial charge in [-0.1, -0.05) is 31.0 Å². The van der Waals surface area contributed by atoms with Crippen LogP contribution >= 0.6 is 0 Å². The summed E-state index contributed by atoms with van der Waals surface area (Å²) >= 11 is 0. The molecule has 112 valence electrons. The molecular formula is C17H22N2O2. The van der Waals surface area contributed by atoms with Crippen molar-refractivity contribution in [2.75, 3.05) is 13.1 Å². The SMILES string of the molecule is NCCCN(C(=O)c1cc2ccccc2o1)C1CCCC1. The topological polar surface area (TPSA) is 59.5 Å². The Kier molecular flexibility index (Phi) is 4.25. The first-order valence-corrected chi connectivity index (χ1v) is 7.79. The summed E-state index contributed by atoms with van der Waals surface area (Å²) in [7, 11) is 0. The molecule has 2 N–H and O–H groups in total. The molecule has 4 heteroatoms. The third-order valence-corrected chi connectivity index (χ3v) is 4.27. The number of benzene rings is 1. The number of nitrogens with zero attached hydrogens (tertiary/aromatic N) is 1. The second-order valence-corrected chi connectivity index (χ2v) is 5.73. The van der Waals surface area contributed by atoms with Crippen molar-refractivity contribution in [1.29, 1.82) is 0 Å². The van der Waals surface area contributed by atoms with E-state index in [2.05, 4.69) is 0 Å². The van der Waals surface area contributed by atoms with E-state index in [0.29, 0.717) is 18.3 Å². The smallest absolute Gasteiger partial charge is 0.289 e. The predicted molar refractivity (Wildman–Crippen MR) is 83.2 cm³/mol. The van der Waals surface area contributed by atoms with Gasteiger partial charge in [-0.2, -0.15) is 0 Å². The summed E-state index contributed by atoms with van der Waals surface area (Å²) in [5.41, 5.74) is 6.38. The van der Waals surface area contributed by atoms with Crippen LogP contribution in [0, 0.1) is 0 Å². The molecule has 0 aliphatic heterocycles. The largest absolute Gasteiger partial charge is 0.451 e. The number of hydrogen-bond donors (Lipinski definition) is 1. The molecule has 0 unspecified atom stereocenters. The molecule has 3 rings (SSSR count). The summed E-state index contributed by atoms with van der Waals surface area (Å²) in [6.07, 6.45) is 5.43. The summed E-state index contributed by atoms with van der Waals surface area (Å²) in [5.74, 6) is 0.451. The first-order chi connectivity index (χ1) is 10.3. The molecule has 1 aromatic carbocycles. The Labute approximate surface area is 124 Å². The van der Waals surface area contributed by atoms with E-state index in [0.717, 1.165) is 36.8 Å². The fourth-order valence-electron chi connectivity index (χ4n) is 3.16. The number of para-hydroxylation sites is 1. The third-order valence-electron chi connectivity index (χ3n) is 4.27. The summed E-state index contributed by atoms with van der Waals surface area (Å²) in [6.45, 7) is 1.33. The van der Waals surface area contributed by atoms with Gasteiger partial charge in [-0.05, 0) is 37.9 Å². The first kappa shape index (κ1) is 14.1. The van der Waals surface area contributed by atoms with Crippen LogP contribution in [0.25, 0.3) is 11.0 Å². The maximum absolute atomic E-state index is 12.8. The van der Waals surface area contributed by atoms with Crippen molar-refractivity contribution in [2.24, 2.45) is 5.73 Å². The number of hydrogen-bond acceptors (Lipinski definition) is 3. The fourth-order valence-corrected chi connectivity index (χ4v) is 3.16. The number of fused-ring (bicyclic) bond motifs is 1. The van der Waals surface area contributed by atoms with Gasteiger partial charge in [0.2, 0.25) is 0 Å². The number of furan rings is 1. The average Bonchev–Trinajstić information content (AvgIpc) is 3.16. The number of carbonyl (C=O) groups is 1. The van der Waals surface area contributed by atoms with Crippen molar-refractivity contribution >= 4 is 16.9 Å². The lowest BCUT2D eigenvalue weighted by Gasteiger charge is -2.28. The van der Waals surface area contributed by atoms with Gasteiger partial charge >= 0.3 is 0 Å². The van der Waals surface area contributed by atoms with Gasteiger partial charge in [0.25, 0.3) is 5.91 Å². The number of amides is 1. The maximum Gasteiger partial charge on any atom is 0.289 e. The van der Waals surface area contributed by atoms with Crippen molar-refractivity contribution < 1.29 is 9.21 Å². The molecule has 2 aromatic rings. The van der Waals surface area contributed by atoms with Crippen LogP contribution < -0.4 is 5.73 Å². The molecule has 0 atom stereocenters. The van der Waals surface area contributed by atoms with Crippen molar-refractivity contribution in [3.63, 3.8) is 0 Å². The Balaban J connectivity index is 1.84. The number of carbonyl (C=O) groups excluding carboxylic acids is 1. The van der Waals surface area contributed by atoms with Crippen molar-refractivity contribution in [2.45, 2.75) is 38.1 Å². The minimum absolute atomic E-state index is 0.00606. The van der Waals surface area contributed by atoms with E-state index in [1.54, 1.807) is 0 Å². The zero-order valence-corrected chi connectivity index (χ0v) is 12.3. The van der Waals surface area contributed by atoms with Gasteiger partial charge in [0.05, 0.1) is 0 Å². The minimum Gasteiger partial charge on any atom is -0.451 e. The Bertz CT molecular complexity index is 581. The minimum atomic E-state index is 0.00606. The second kappa shape index (κ2) is 6.31. The second-order valence-electron chi connectivity index (χ2n) is 5.73. The Morgan fingerprint density at radius 1 is 1.29 bits per heavy atom. The van der Waals surface area contributed by atoms with Gasteiger partial charge in [0.1, 0.15) is 5.58 Å². The monoisotopic (exact) mass is 286 g/mol. The van der Waals surface area contributed by atoms with Crippen LogP contribution in [0.15, 0.2) is 34.7 Å². The lowest BCUT2D eigenvalue weighted by atomic mass is 10.1. The zero-order valence-electron chi connectivity index (χ0n) is 12.3. The van der Waals surface area contributed by atoms with Crippen LogP contribution in [0.3, 0.4) is 0 Å². The standard InChI is InChI=1S/C17H22N2O2/c18-10-5-11-19(14-7-2-3-8-14)17(20)16-12-13-6-1-4-9-15(13)21-16/h1,4,6,9,12,14H,2-3,5,7-8,10-11,18H2. The van der Waals surface area contributed by atoms with E-state index in [4.69, 9.17) is 10.2 Å². The first-order valence-electron chi connectivity index (χ1n) is 7.79. The average molecular weight is 286 g/mol. The van der Waals surface area contributed by atoms with Crippen LogP contribution in [-0.4, -0.2) is 29.9 Å². The van der Waals surface area contributed by atoms with Crippen molar-refractivity contribution in [3.05, 3.63) is 36.1 Å². The Morgan fingerprint density at radius 3 is 2.76 bits per heavy atom. The highest BCUT2D eigenvalue weighted by atomic mass is 16.3. The van der Waals surface area contributed by atoms with E-state index in [9.17, 15) is 4.79 Å². The highest BCUT2D eigenvalue weighted by molar-refractivity contribution is 5.96. The highest BCUT2D eigenvalue weighted by Crippen LogP contribution is 2.27. The molecule has 1 aliphatic rings. The van der Waals surface area contributed by atoms with Crippen molar-refractivity contribution in [3.8, 4) is 0 Å². The fraction of sp³-hybridized carbons (Fsp3) is 0.471. The molecular weight excluding hydrogens is 264 g/mol. The van der Waals surface area contributed by atoms with Crippen LogP contribution in [0.1, 0.15) is 42.7 Å². The summed E-state index contributed by atoms with van der Waals surface area (Å²) in [4.78, 5) is 14.8. The van der Waals surface area contributed by atoms with Gasteiger partial charge in [-0.25, -0.2) is 0 Å². The van der Waals surface area contributed by atoms with Gasteiger partial charge in [-0.15, -0.1) is 0 Å². The van der Waals surface area contributed by atoms with Crippen LogP contribution in [0.2, 0.25) is 0 Å². The van der Waals surface area contributed by atoms with E-state index >= 15 is 0 Å². The van der Waals surface area contributed by atoms with E-state index in [1.165, 1.54) is 12.8 Å². The molecule has 1 heterocycles. The van der Waals surface area contributed by atoms with Crippen molar-refractivity contribution in [1.82, 2.24) is 4.90 Å². The molecule has 4 nitrogen and oxygen atoms in total. The number of nitrogens with two attached hydrogens (primary N) is 1. The summed E-state index contributed by atoms with van der Waals surface area (Å²) in [5, 5.41) is 0.978. The lowest BCUT2D eigenvalue weighted by molar-refractivity contribution is 0.0650. The Morgan fingerprint density at radius 2 is 2.05 bits per heavy atom. The normalized spacial score (nSPS) is 15.7. The molecule has 1 aliphatic carbocycles. The maximum atomic E-state index is 12.8. The molecule has 1 fully saturated rings. The summed E-state index contributed by atoms with van der Waals surface area (Å²) in [6, 6.07) is 9.93. The Hall–Kier alpha value is -1.81. The zero-order chi connectivity index (χ0) is 14.7. The van der Waals surface area contributed by atoms with E-state index in [-0.39, 0.29) is 5.91 Å². The summed E-state index contributed by atoms with van der Waals surface area (Å²) < 4.78 is 5.73. The van der Waals surface area contributed by atoms with Gasteiger partial charge in [-0.3, -0.25) is 4.79 Å². The molecule has 0 saturated heterocycles. The lowest BCUT2D eigenvalue weighted by Crippen LogP contribution is -2.40. The molecule has 0 spiro atoms. The quantitative estimate of drug-likeness (QED) is 0.918. The molecule has 1 saturated carbocycles. The molecule has 1 amide bonds. The highest BCUT2D eigenvalue weighted by Gasteiger charge is 2.28. The third kappa shape index (κ3) is 2.95. The molecule has 0 bridgehead atoms. The molecule has 1 aromatic heterocycles. The number of rotatable bonds is 5. The predicted octanol–water partition coefficient (Wildman–Crippen LogP) is 3.17. The molecule has 0 radical (unpaired) electrons. The van der Waals surface area contributed by atoms with Gasteiger partial charge in [0, 0.05) is 18.0 Å². The van der Waals surface area contributed by atoms with Gasteiger partial charge in [0.15, 0.2) is 5.76 Å². The van der Waals surface area contributed by atoms with E-state index < -0.39 is 0 Å². The van der Waals surface area contributed by atoms with Crippen LogP contribution in [0.4, 0.5) is 0 Å². The van der Waals surface area contributed by atoms with Crippen LogP contribution in [-0.2, 0) is 0 Å². The van der Waals surface area contributed by atoms with E-state index in [1.807, 2.05) is 35.2 Å². The molecule has 21 heavy (non-hydrogen) atoms. The van der Waals surface area contributed by atoms with Gasteiger partial charge < -0.3 is 15.1 Å². The van der Waals surface area contributed by atoms with Crippen LogP contribution in [0.5, 0.6) is 0 Å².